The van der Waals surface area contributed by atoms with Crippen molar-refractivity contribution in [3.8, 4) is 28.5 Å². The van der Waals surface area contributed by atoms with Crippen LogP contribution in [0, 0.1) is 6.92 Å². The molecule has 5 heteroatoms. The van der Waals surface area contributed by atoms with Crippen molar-refractivity contribution in [1.82, 2.24) is 14.1 Å². The summed E-state index contributed by atoms with van der Waals surface area (Å²) < 4.78 is 4.26. The quantitative estimate of drug-likeness (QED) is 0.384. The molecule has 1 N–H and O–H groups in total. The predicted molar refractivity (Wildman–Crippen MR) is 112 cm³/mol. The molecule has 0 amide bonds. The molecular formula is C24H19N3OZn. The van der Waals surface area contributed by atoms with Gasteiger partial charge in [-0.25, -0.2) is 4.98 Å². The molecule has 0 aliphatic heterocycles. The number of aryl methyl sites for hydroxylation is 1. The van der Waals surface area contributed by atoms with Crippen LogP contribution in [0.5, 0.6) is 5.75 Å². The van der Waals surface area contributed by atoms with Gasteiger partial charge in [-0.1, -0.05) is 48.5 Å². The number of phenols is 1. The summed E-state index contributed by atoms with van der Waals surface area (Å²) in [5, 5.41) is 10.5. The van der Waals surface area contributed by atoms with E-state index in [0.29, 0.717) is 5.56 Å². The van der Waals surface area contributed by atoms with Gasteiger partial charge in [-0.2, -0.15) is 0 Å². The summed E-state index contributed by atoms with van der Waals surface area (Å²) in [6, 6.07) is 29.8. The summed E-state index contributed by atoms with van der Waals surface area (Å²) in [6.07, 6.45) is 0. The van der Waals surface area contributed by atoms with Crippen molar-refractivity contribution in [3.05, 3.63) is 96.7 Å². The van der Waals surface area contributed by atoms with Gasteiger partial charge in [-0.15, -0.1) is 0 Å². The van der Waals surface area contributed by atoms with Crippen molar-refractivity contribution >= 4 is 11.2 Å². The zero-order valence-electron chi connectivity index (χ0n) is 16.2. The molecule has 138 valence electrons. The fourth-order valence-electron chi connectivity index (χ4n) is 3.73. The van der Waals surface area contributed by atoms with Crippen LogP contribution >= 0.6 is 0 Å². The zero-order valence-corrected chi connectivity index (χ0v) is 19.1. The van der Waals surface area contributed by atoms with Crippen molar-refractivity contribution in [2.24, 2.45) is 0 Å². The summed E-state index contributed by atoms with van der Waals surface area (Å²) in [7, 11) is 0. The van der Waals surface area contributed by atoms with Crippen LogP contribution in [0.3, 0.4) is 0 Å². The number of aromatic hydroxyl groups is 1. The van der Waals surface area contributed by atoms with E-state index in [1.807, 2.05) is 54.6 Å². The molecule has 0 aliphatic carbocycles. The van der Waals surface area contributed by atoms with E-state index < -0.39 is 0 Å². The number of hydrogen-bond donors (Lipinski definition) is 1. The van der Waals surface area contributed by atoms with Crippen molar-refractivity contribution < 1.29 is 24.6 Å². The van der Waals surface area contributed by atoms with E-state index in [0.717, 1.165) is 34.1 Å². The Morgan fingerprint density at radius 1 is 0.724 bits per heavy atom. The van der Waals surface area contributed by atoms with E-state index in [9.17, 15) is 5.11 Å². The van der Waals surface area contributed by atoms with Gasteiger partial charge in [0.05, 0.1) is 11.1 Å². The van der Waals surface area contributed by atoms with Crippen LogP contribution in [0.15, 0.2) is 91.0 Å². The van der Waals surface area contributed by atoms with Crippen LogP contribution in [0.4, 0.5) is 0 Å². The molecule has 3 aromatic carbocycles. The largest absolute Gasteiger partial charge is 0.507 e. The molecule has 0 fully saturated rings. The van der Waals surface area contributed by atoms with Gasteiger partial charge in [0.25, 0.3) is 0 Å². The first kappa shape index (κ1) is 19.2. The van der Waals surface area contributed by atoms with E-state index in [1.165, 1.54) is 0 Å². The number of benzene rings is 3. The van der Waals surface area contributed by atoms with E-state index in [1.54, 1.807) is 6.07 Å². The van der Waals surface area contributed by atoms with Crippen LogP contribution in [-0.2, 0) is 19.5 Å². The van der Waals surface area contributed by atoms with Gasteiger partial charge in [0.1, 0.15) is 5.75 Å². The number of fused-ring (bicyclic) bond motifs is 1. The Hall–Kier alpha value is -3.17. The molecule has 5 aromatic rings. The van der Waals surface area contributed by atoms with Gasteiger partial charge >= 0.3 is 0 Å². The molecule has 0 spiro atoms. The molecule has 0 aliphatic rings. The third kappa shape index (κ3) is 3.18. The SMILES string of the molecule is Cc1cc2c(nc(-c3ccccc3O)n2-c2ccccc2)n1-c1ccccc1.[Zn]. The maximum atomic E-state index is 10.5. The number of imidazole rings is 1. The Morgan fingerprint density at radius 3 is 1.90 bits per heavy atom. The molecule has 2 heterocycles. The van der Waals surface area contributed by atoms with Gasteiger partial charge in [0.2, 0.25) is 0 Å². The molecule has 0 saturated carbocycles. The summed E-state index contributed by atoms with van der Waals surface area (Å²) in [5.41, 5.74) is 5.76. The van der Waals surface area contributed by atoms with Crippen LogP contribution in [-0.4, -0.2) is 19.2 Å². The normalized spacial score (nSPS) is 10.8. The summed E-state index contributed by atoms with van der Waals surface area (Å²) in [6.45, 7) is 2.09. The predicted octanol–water partition coefficient (Wildman–Crippen LogP) is 5.49. The van der Waals surface area contributed by atoms with Crippen molar-refractivity contribution in [3.63, 3.8) is 0 Å². The number of phenolic OH excluding ortho intramolecular Hbond substituents is 1. The van der Waals surface area contributed by atoms with E-state index in [-0.39, 0.29) is 25.2 Å². The van der Waals surface area contributed by atoms with E-state index in [4.69, 9.17) is 4.98 Å². The molecule has 0 radical (unpaired) electrons. The summed E-state index contributed by atoms with van der Waals surface area (Å²) >= 11 is 0. The van der Waals surface area contributed by atoms with Crippen molar-refractivity contribution in [1.29, 1.82) is 0 Å². The Kier molecular flexibility index (Phi) is 5.08. The van der Waals surface area contributed by atoms with Crippen LogP contribution in [0.1, 0.15) is 5.69 Å². The van der Waals surface area contributed by atoms with E-state index >= 15 is 0 Å². The maximum absolute atomic E-state index is 10.5. The maximum Gasteiger partial charge on any atom is 0.164 e. The summed E-state index contributed by atoms with van der Waals surface area (Å²) in [4.78, 5) is 4.98. The topological polar surface area (TPSA) is 43.0 Å². The molecule has 5 rings (SSSR count). The van der Waals surface area contributed by atoms with Gasteiger partial charge in [0.15, 0.2) is 11.5 Å². The van der Waals surface area contributed by atoms with Gasteiger partial charge in [-0.05, 0) is 49.4 Å². The number of para-hydroxylation sites is 3. The summed E-state index contributed by atoms with van der Waals surface area (Å²) in [5.74, 6) is 0.939. The smallest absolute Gasteiger partial charge is 0.164 e. The van der Waals surface area contributed by atoms with Crippen molar-refractivity contribution in [2.45, 2.75) is 6.92 Å². The number of aromatic nitrogens is 3. The molecule has 2 aromatic heterocycles. The molecule has 0 atom stereocenters. The minimum Gasteiger partial charge on any atom is -0.507 e. The molecule has 29 heavy (non-hydrogen) atoms. The number of rotatable bonds is 3. The van der Waals surface area contributed by atoms with Crippen LogP contribution in [0.25, 0.3) is 33.9 Å². The minimum atomic E-state index is 0. The second-order valence-corrected chi connectivity index (χ2v) is 6.79. The van der Waals surface area contributed by atoms with E-state index in [2.05, 4.69) is 46.4 Å². The molecule has 4 nitrogen and oxygen atoms in total. The number of nitrogens with zero attached hydrogens (tertiary/aromatic N) is 3. The van der Waals surface area contributed by atoms with Gasteiger partial charge in [0, 0.05) is 36.5 Å². The minimum absolute atomic E-state index is 0. The average Bonchev–Trinajstić information content (AvgIpc) is 3.24. The van der Waals surface area contributed by atoms with Gasteiger partial charge in [-0.3, -0.25) is 9.13 Å². The van der Waals surface area contributed by atoms with Crippen molar-refractivity contribution in [2.75, 3.05) is 0 Å². The average molecular weight is 431 g/mol. The molecular weight excluding hydrogens is 412 g/mol. The second kappa shape index (κ2) is 7.69. The van der Waals surface area contributed by atoms with Crippen LogP contribution in [0.2, 0.25) is 0 Å². The Bertz CT molecular complexity index is 1270. The Labute approximate surface area is 181 Å². The fraction of sp³-hybridized carbons (Fsp3) is 0.0417. The number of hydrogen-bond acceptors (Lipinski definition) is 2. The molecule has 0 saturated heterocycles. The van der Waals surface area contributed by atoms with Gasteiger partial charge < -0.3 is 5.11 Å². The zero-order chi connectivity index (χ0) is 19.1. The second-order valence-electron chi connectivity index (χ2n) is 6.79. The fourth-order valence-corrected chi connectivity index (χ4v) is 3.73. The molecule has 0 unspecified atom stereocenters. The monoisotopic (exact) mass is 429 g/mol. The Morgan fingerprint density at radius 2 is 1.28 bits per heavy atom. The third-order valence-corrected chi connectivity index (χ3v) is 4.98. The standard InChI is InChI=1S/C24H19N3O.Zn/c1-17-16-21-24(26(17)18-10-4-2-5-11-18)25-23(20-14-8-9-15-22(20)28)27(21)19-12-6-3-7-13-19;/h2-16,28H,1H3;. The third-order valence-electron chi connectivity index (χ3n) is 4.98. The first-order valence-corrected chi connectivity index (χ1v) is 9.24. The Balaban J connectivity index is 0.00000205. The molecule has 0 bridgehead atoms. The first-order valence-electron chi connectivity index (χ1n) is 9.24. The van der Waals surface area contributed by atoms with Crippen LogP contribution < -0.4 is 0 Å². The first-order chi connectivity index (χ1) is 13.7.